The van der Waals surface area contributed by atoms with Gasteiger partial charge >= 0.3 is 0 Å². The van der Waals surface area contributed by atoms with Crippen LogP contribution in [0.1, 0.15) is 25.3 Å². The first kappa shape index (κ1) is 21.5. The molecule has 1 amide bonds. The first-order chi connectivity index (χ1) is 14.6. The van der Waals surface area contributed by atoms with Gasteiger partial charge < -0.3 is 15.2 Å². The van der Waals surface area contributed by atoms with E-state index in [2.05, 4.69) is 5.10 Å². The highest BCUT2D eigenvalue weighted by Crippen LogP contribution is 2.15. The minimum atomic E-state index is -0.621. The van der Waals surface area contributed by atoms with Crippen LogP contribution in [-0.4, -0.2) is 35.0 Å². The van der Waals surface area contributed by atoms with E-state index in [1.54, 1.807) is 6.20 Å². The van der Waals surface area contributed by atoms with Crippen molar-refractivity contribution in [1.29, 1.82) is 0 Å². The van der Waals surface area contributed by atoms with E-state index in [-0.39, 0.29) is 5.56 Å². The average Bonchev–Trinajstić information content (AvgIpc) is 2.76. The number of fused-ring (bicyclic) bond motifs is 1. The summed E-state index contributed by atoms with van der Waals surface area (Å²) >= 11 is 0. The van der Waals surface area contributed by atoms with E-state index in [4.69, 9.17) is 15.2 Å². The Hall–Kier alpha value is -3.19. The zero-order valence-electron chi connectivity index (χ0n) is 17.1. The molecule has 3 rings (SSSR count). The van der Waals surface area contributed by atoms with Crippen LogP contribution >= 0.6 is 0 Å². The number of aryl methyl sites for hydroxylation is 1. The lowest BCUT2D eigenvalue weighted by molar-refractivity contribution is -0.129. The molecule has 7 heteroatoms. The van der Waals surface area contributed by atoms with Crippen molar-refractivity contribution in [1.82, 2.24) is 9.78 Å². The molecule has 1 unspecified atom stereocenters. The van der Waals surface area contributed by atoms with E-state index < -0.39 is 12.0 Å². The quantitative estimate of drug-likeness (QED) is 0.491. The molecule has 0 bridgehead atoms. The minimum absolute atomic E-state index is 0.0910. The SMILES string of the molecule is CCCOC(Cc1ccc(OCCCn2ncc3ccccc3c2=O)cc1)C(N)=O. The number of nitrogens with two attached hydrogens (primary N) is 1. The van der Waals surface area contributed by atoms with Crippen molar-refractivity contribution in [2.24, 2.45) is 5.73 Å². The number of carbonyl (C=O) groups is 1. The maximum absolute atomic E-state index is 12.4. The van der Waals surface area contributed by atoms with Crippen molar-refractivity contribution < 1.29 is 14.3 Å². The molecule has 0 radical (unpaired) electrons. The minimum Gasteiger partial charge on any atom is -0.494 e. The largest absolute Gasteiger partial charge is 0.494 e. The molecule has 1 heterocycles. The van der Waals surface area contributed by atoms with Gasteiger partial charge in [0.2, 0.25) is 5.91 Å². The Labute approximate surface area is 175 Å². The third-order valence-corrected chi connectivity index (χ3v) is 4.73. The summed E-state index contributed by atoms with van der Waals surface area (Å²) < 4.78 is 12.7. The highest BCUT2D eigenvalue weighted by Gasteiger charge is 2.16. The number of rotatable bonds is 11. The summed E-state index contributed by atoms with van der Waals surface area (Å²) in [4.78, 5) is 24.0. The number of hydrogen-bond acceptors (Lipinski definition) is 5. The zero-order valence-corrected chi connectivity index (χ0v) is 17.1. The molecule has 1 aromatic heterocycles. The molecular weight excluding hydrogens is 382 g/mol. The second-order valence-electron chi connectivity index (χ2n) is 7.07. The van der Waals surface area contributed by atoms with Gasteiger partial charge in [0.15, 0.2) is 0 Å². The Morgan fingerprint density at radius 3 is 2.63 bits per heavy atom. The topological polar surface area (TPSA) is 96.4 Å². The van der Waals surface area contributed by atoms with E-state index in [0.29, 0.717) is 38.0 Å². The van der Waals surface area contributed by atoms with Gasteiger partial charge in [0.1, 0.15) is 11.9 Å². The van der Waals surface area contributed by atoms with E-state index in [1.165, 1.54) is 4.68 Å². The number of hydrogen-bond donors (Lipinski definition) is 1. The zero-order chi connectivity index (χ0) is 21.3. The smallest absolute Gasteiger partial charge is 0.274 e. The number of ether oxygens (including phenoxy) is 2. The Kier molecular flexibility index (Phi) is 7.57. The molecule has 7 nitrogen and oxygen atoms in total. The first-order valence-corrected chi connectivity index (χ1v) is 10.2. The lowest BCUT2D eigenvalue weighted by Gasteiger charge is -2.14. The second kappa shape index (κ2) is 10.5. The summed E-state index contributed by atoms with van der Waals surface area (Å²) in [5, 5.41) is 5.73. The number of benzene rings is 2. The average molecular weight is 409 g/mol. The van der Waals surface area contributed by atoms with Crippen LogP contribution in [0, 0.1) is 0 Å². The molecule has 0 saturated carbocycles. The predicted molar refractivity (Wildman–Crippen MR) is 115 cm³/mol. The van der Waals surface area contributed by atoms with Crippen molar-refractivity contribution in [2.75, 3.05) is 13.2 Å². The third-order valence-electron chi connectivity index (χ3n) is 4.73. The van der Waals surface area contributed by atoms with Crippen LogP contribution in [0.4, 0.5) is 0 Å². The molecule has 3 aromatic rings. The van der Waals surface area contributed by atoms with Gasteiger partial charge in [0.25, 0.3) is 5.56 Å². The molecule has 2 N–H and O–H groups in total. The number of amides is 1. The standard InChI is InChI=1S/C23H27N3O4/c1-2-13-30-21(22(24)27)15-17-8-10-19(11-9-17)29-14-5-12-26-23(28)20-7-4-3-6-18(20)16-25-26/h3-4,6-11,16,21H,2,5,12-15H2,1H3,(H2,24,27). The fraction of sp³-hybridized carbons (Fsp3) is 0.348. The molecule has 0 aliphatic carbocycles. The summed E-state index contributed by atoms with van der Waals surface area (Å²) in [6.45, 7) is 3.43. The van der Waals surface area contributed by atoms with Gasteiger partial charge in [0, 0.05) is 31.4 Å². The van der Waals surface area contributed by atoms with Gasteiger partial charge in [-0.15, -0.1) is 0 Å². The molecule has 0 saturated heterocycles. The van der Waals surface area contributed by atoms with Gasteiger partial charge in [-0.3, -0.25) is 9.59 Å². The van der Waals surface area contributed by atoms with E-state index in [9.17, 15) is 9.59 Å². The van der Waals surface area contributed by atoms with Crippen LogP contribution in [0.5, 0.6) is 5.75 Å². The van der Waals surface area contributed by atoms with Crippen molar-refractivity contribution >= 4 is 16.7 Å². The second-order valence-corrected chi connectivity index (χ2v) is 7.07. The molecule has 0 aliphatic heterocycles. The van der Waals surface area contributed by atoms with Crippen LogP contribution in [0.2, 0.25) is 0 Å². The fourth-order valence-electron chi connectivity index (χ4n) is 3.13. The highest BCUT2D eigenvalue weighted by atomic mass is 16.5. The fourth-order valence-corrected chi connectivity index (χ4v) is 3.13. The predicted octanol–water partition coefficient (Wildman–Crippen LogP) is 2.69. The highest BCUT2D eigenvalue weighted by molar-refractivity contribution is 5.80. The molecule has 0 spiro atoms. The molecule has 2 aromatic carbocycles. The van der Waals surface area contributed by atoms with Crippen molar-refractivity contribution in [3.8, 4) is 5.75 Å². The molecule has 1 atom stereocenters. The summed E-state index contributed by atoms with van der Waals surface area (Å²) in [5.74, 6) is 0.268. The van der Waals surface area contributed by atoms with Crippen LogP contribution in [0.15, 0.2) is 59.5 Å². The number of primary amides is 1. The normalized spacial score (nSPS) is 12.0. The van der Waals surface area contributed by atoms with Crippen LogP contribution in [0.25, 0.3) is 10.8 Å². The van der Waals surface area contributed by atoms with E-state index in [1.807, 2.05) is 55.5 Å². The summed E-state index contributed by atoms with van der Waals surface area (Å²) in [5.41, 5.74) is 6.27. The summed E-state index contributed by atoms with van der Waals surface area (Å²) in [7, 11) is 0. The Bertz CT molecular complexity index is 1030. The molecule has 0 fully saturated rings. The lowest BCUT2D eigenvalue weighted by Crippen LogP contribution is -2.33. The van der Waals surface area contributed by atoms with Gasteiger partial charge in [0.05, 0.1) is 18.2 Å². The van der Waals surface area contributed by atoms with Crippen LogP contribution < -0.4 is 16.0 Å². The maximum Gasteiger partial charge on any atom is 0.274 e. The van der Waals surface area contributed by atoms with E-state index in [0.717, 1.165) is 23.1 Å². The van der Waals surface area contributed by atoms with Crippen molar-refractivity contribution in [3.05, 3.63) is 70.6 Å². The molecule has 158 valence electrons. The van der Waals surface area contributed by atoms with E-state index >= 15 is 0 Å². The summed E-state index contributed by atoms with van der Waals surface area (Å²) in [6, 6.07) is 14.9. The van der Waals surface area contributed by atoms with Crippen molar-refractivity contribution in [3.63, 3.8) is 0 Å². The van der Waals surface area contributed by atoms with Gasteiger partial charge in [-0.05, 0) is 30.2 Å². The first-order valence-electron chi connectivity index (χ1n) is 10.2. The summed E-state index contributed by atoms with van der Waals surface area (Å²) in [6.07, 6.45) is 3.01. The Balaban J connectivity index is 1.49. The van der Waals surface area contributed by atoms with Crippen LogP contribution in [-0.2, 0) is 22.5 Å². The Morgan fingerprint density at radius 1 is 1.13 bits per heavy atom. The molecule has 30 heavy (non-hydrogen) atoms. The van der Waals surface area contributed by atoms with Gasteiger partial charge in [-0.1, -0.05) is 37.3 Å². The monoisotopic (exact) mass is 409 g/mol. The molecular formula is C23H27N3O4. The lowest BCUT2D eigenvalue weighted by atomic mass is 10.1. The number of carbonyl (C=O) groups excluding carboxylic acids is 1. The Morgan fingerprint density at radius 2 is 1.90 bits per heavy atom. The molecule has 0 aliphatic rings. The van der Waals surface area contributed by atoms with Crippen LogP contribution in [0.3, 0.4) is 0 Å². The number of nitrogens with zero attached hydrogens (tertiary/aromatic N) is 2. The number of aromatic nitrogens is 2. The van der Waals surface area contributed by atoms with Gasteiger partial charge in [-0.2, -0.15) is 5.10 Å². The third kappa shape index (κ3) is 5.67. The maximum atomic E-state index is 12.4. The van der Waals surface area contributed by atoms with Gasteiger partial charge in [-0.25, -0.2) is 4.68 Å². The van der Waals surface area contributed by atoms with Crippen molar-refractivity contribution in [2.45, 2.75) is 38.8 Å².